The van der Waals surface area contributed by atoms with Crippen LogP contribution in [0.2, 0.25) is 0 Å². The van der Waals surface area contributed by atoms with Crippen molar-refractivity contribution >= 4 is 11.9 Å². The van der Waals surface area contributed by atoms with Gasteiger partial charge in [-0.25, -0.2) is 0 Å². The number of carbonyl (C=O) groups is 2. The van der Waals surface area contributed by atoms with Gasteiger partial charge in [0.1, 0.15) is 5.60 Å². The van der Waals surface area contributed by atoms with Crippen molar-refractivity contribution in [1.82, 2.24) is 0 Å². The standard InChI is InChI=1S/C25H48O6/c1-14-25(13,24(11,12)30-19(5)16-28-17(2)3)21(27)29-15-18(4)23(9,10)31-20(26)22(6,7)8/h17-19H,14-16H2,1-13H3. The molecule has 0 N–H and O–H groups in total. The van der Waals surface area contributed by atoms with E-state index < -0.39 is 22.0 Å². The van der Waals surface area contributed by atoms with Crippen LogP contribution in [0.25, 0.3) is 0 Å². The van der Waals surface area contributed by atoms with Gasteiger partial charge in [-0.05, 0) is 82.6 Å². The number of hydrogen-bond donors (Lipinski definition) is 0. The number of ether oxygens (including phenoxy) is 4. The molecule has 6 nitrogen and oxygen atoms in total. The first-order valence-corrected chi connectivity index (χ1v) is 11.5. The van der Waals surface area contributed by atoms with Gasteiger partial charge in [-0.2, -0.15) is 0 Å². The molecular formula is C25H48O6. The van der Waals surface area contributed by atoms with Crippen LogP contribution >= 0.6 is 0 Å². The van der Waals surface area contributed by atoms with E-state index in [1.165, 1.54) is 0 Å². The monoisotopic (exact) mass is 444 g/mol. The zero-order valence-electron chi connectivity index (χ0n) is 22.3. The molecule has 0 aliphatic heterocycles. The summed E-state index contributed by atoms with van der Waals surface area (Å²) in [7, 11) is 0. The molecular weight excluding hydrogens is 396 g/mol. The van der Waals surface area contributed by atoms with Gasteiger partial charge in [0, 0.05) is 5.92 Å². The fourth-order valence-corrected chi connectivity index (χ4v) is 2.86. The van der Waals surface area contributed by atoms with Crippen molar-refractivity contribution in [2.24, 2.45) is 16.7 Å². The molecule has 0 aliphatic carbocycles. The van der Waals surface area contributed by atoms with Crippen molar-refractivity contribution in [2.75, 3.05) is 13.2 Å². The van der Waals surface area contributed by atoms with Crippen molar-refractivity contribution in [3.05, 3.63) is 0 Å². The fraction of sp³-hybridized carbons (Fsp3) is 0.920. The van der Waals surface area contributed by atoms with Crippen molar-refractivity contribution in [2.45, 2.75) is 120 Å². The highest BCUT2D eigenvalue weighted by molar-refractivity contribution is 5.78. The van der Waals surface area contributed by atoms with E-state index in [0.29, 0.717) is 13.0 Å². The predicted molar refractivity (Wildman–Crippen MR) is 124 cm³/mol. The molecule has 184 valence electrons. The van der Waals surface area contributed by atoms with Crippen LogP contribution in [-0.4, -0.2) is 48.6 Å². The Kier molecular flexibility index (Phi) is 10.7. The van der Waals surface area contributed by atoms with Crippen LogP contribution in [0.3, 0.4) is 0 Å². The summed E-state index contributed by atoms with van der Waals surface area (Å²) in [4.78, 5) is 25.5. The molecule has 0 fully saturated rings. The van der Waals surface area contributed by atoms with E-state index >= 15 is 0 Å². The van der Waals surface area contributed by atoms with Gasteiger partial charge in [-0.15, -0.1) is 0 Å². The maximum atomic E-state index is 13.2. The van der Waals surface area contributed by atoms with Gasteiger partial charge in [-0.1, -0.05) is 13.8 Å². The van der Waals surface area contributed by atoms with Crippen LogP contribution in [0.1, 0.15) is 96.4 Å². The Bertz CT molecular complexity index is 587. The van der Waals surface area contributed by atoms with E-state index in [-0.39, 0.29) is 36.7 Å². The second-order valence-electron chi connectivity index (χ2n) is 11.2. The summed E-state index contributed by atoms with van der Waals surface area (Å²) in [5.74, 6) is -0.769. The Morgan fingerprint density at radius 2 is 1.32 bits per heavy atom. The highest BCUT2D eigenvalue weighted by Crippen LogP contribution is 2.40. The minimum atomic E-state index is -0.842. The summed E-state index contributed by atoms with van der Waals surface area (Å²) in [6, 6.07) is 0. The Hall–Kier alpha value is -1.14. The average Bonchev–Trinajstić information content (AvgIpc) is 2.61. The number of hydrogen-bond acceptors (Lipinski definition) is 6. The summed E-state index contributed by atoms with van der Waals surface area (Å²) in [5, 5.41) is 0. The Morgan fingerprint density at radius 3 is 1.74 bits per heavy atom. The molecule has 0 amide bonds. The molecule has 3 atom stereocenters. The van der Waals surface area contributed by atoms with E-state index in [2.05, 4.69) is 0 Å². The van der Waals surface area contributed by atoms with Crippen LogP contribution in [0.4, 0.5) is 0 Å². The second-order valence-corrected chi connectivity index (χ2v) is 11.2. The predicted octanol–water partition coefficient (Wildman–Crippen LogP) is 5.56. The van der Waals surface area contributed by atoms with Gasteiger partial charge >= 0.3 is 11.9 Å². The smallest absolute Gasteiger partial charge is 0.314 e. The van der Waals surface area contributed by atoms with Gasteiger partial charge in [0.05, 0.1) is 41.9 Å². The number of carbonyl (C=O) groups excluding carboxylic acids is 2. The molecule has 0 spiro atoms. The van der Waals surface area contributed by atoms with E-state index in [1.54, 1.807) is 0 Å². The largest absolute Gasteiger partial charge is 0.465 e. The van der Waals surface area contributed by atoms with Crippen LogP contribution in [0.15, 0.2) is 0 Å². The van der Waals surface area contributed by atoms with Crippen molar-refractivity contribution in [3.8, 4) is 0 Å². The number of esters is 2. The highest BCUT2D eigenvalue weighted by Gasteiger charge is 2.49. The Morgan fingerprint density at radius 1 is 0.806 bits per heavy atom. The summed E-state index contributed by atoms with van der Waals surface area (Å²) >= 11 is 0. The zero-order chi connectivity index (χ0) is 24.8. The van der Waals surface area contributed by atoms with Crippen LogP contribution in [-0.2, 0) is 28.5 Å². The Labute approximate surface area is 190 Å². The minimum Gasteiger partial charge on any atom is -0.465 e. The summed E-state index contributed by atoms with van der Waals surface area (Å²) < 4.78 is 23.3. The maximum absolute atomic E-state index is 13.2. The third-order valence-electron chi connectivity index (χ3n) is 6.27. The molecule has 0 saturated heterocycles. The van der Waals surface area contributed by atoms with Gasteiger partial charge in [0.2, 0.25) is 0 Å². The first-order valence-electron chi connectivity index (χ1n) is 11.5. The third kappa shape index (κ3) is 8.72. The van der Waals surface area contributed by atoms with Crippen LogP contribution in [0.5, 0.6) is 0 Å². The molecule has 0 aliphatic rings. The molecule has 0 aromatic heterocycles. The third-order valence-corrected chi connectivity index (χ3v) is 6.27. The van der Waals surface area contributed by atoms with Gasteiger partial charge < -0.3 is 18.9 Å². The molecule has 0 aromatic rings. The van der Waals surface area contributed by atoms with Crippen molar-refractivity contribution < 1.29 is 28.5 Å². The highest BCUT2D eigenvalue weighted by atomic mass is 16.6. The van der Waals surface area contributed by atoms with Gasteiger partial charge in [0.15, 0.2) is 0 Å². The van der Waals surface area contributed by atoms with Crippen LogP contribution in [0, 0.1) is 16.7 Å². The number of rotatable bonds is 12. The molecule has 0 saturated carbocycles. The summed E-state index contributed by atoms with van der Waals surface area (Å²) in [5.41, 5.74) is -2.95. The summed E-state index contributed by atoms with van der Waals surface area (Å²) in [6.45, 7) is 25.2. The fourth-order valence-electron chi connectivity index (χ4n) is 2.86. The van der Waals surface area contributed by atoms with E-state index in [0.717, 1.165) is 0 Å². The lowest BCUT2D eigenvalue weighted by Gasteiger charge is -2.43. The SMILES string of the molecule is CCC(C)(C(=O)OCC(C)C(C)(C)OC(=O)C(C)(C)C)C(C)(C)OC(C)COC(C)C. The average molecular weight is 445 g/mol. The lowest BCUT2D eigenvalue weighted by atomic mass is 9.73. The topological polar surface area (TPSA) is 71.1 Å². The Balaban J connectivity index is 5.16. The molecule has 3 unspecified atom stereocenters. The van der Waals surface area contributed by atoms with Crippen molar-refractivity contribution in [3.63, 3.8) is 0 Å². The zero-order valence-corrected chi connectivity index (χ0v) is 22.3. The van der Waals surface area contributed by atoms with Crippen molar-refractivity contribution in [1.29, 1.82) is 0 Å². The lowest BCUT2D eigenvalue weighted by molar-refractivity contribution is -0.194. The van der Waals surface area contributed by atoms with Gasteiger partial charge in [-0.3, -0.25) is 9.59 Å². The maximum Gasteiger partial charge on any atom is 0.314 e. The molecule has 0 aromatic carbocycles. The lowest BCUT2D eigenvalue weighted by Crippen LogP contribution is -2.52. The first-order chi connectivity index (χ1) is 13.8. The summed E-state index contributed by atoms with van der Waals surface area (Å²) in [6.07, 6.45) is 0.521. The second kappa shape index (κ2) is 11.1. The first kappa shape index (κ1) is 29.9. The quantitative estimate of drug-likeness (QED) is 0.367. The van der Waals surface area contributed by atoms with Crippen LogP contribution < -0.4 is 0 Å². The van der Waals surface area contributed by atoms with Gasteiger partial charge in [0.25, 0.3) is 0 Å². The minimum absolute atomic E-state index is 0.119. The molecule has 6 heteroatoms. The molecule has 0 rings (SSSR count). The molecule has 0 bridgehead atoms. The normalized spacial score (nSPS) is 17.1. The van der Waals surface area contributed by atoms with E-state index in [9.17, 15) is 9.59 Å². The molecule has 31 heavy (non-hydrogen) atoms. The molecule has 0 radical (unpaired) electrons. The van der Waals surface area contributed by atoms with E-state index in [4.69, 9.17) is 18.9 Å². The molecule has 0 heterocycles. The van der Waals surface area contributed by atoms with E-state index in [1.807, 2.05) is 90.0 Å².